The van der Waals surface area contributed by atoms with Gasteiger partial charge < -0.3 is 15.0 Å². The second kappa shape index (κ2) is 13.0. The number of allylic oxidation sites excluding steroid dienone is 4. The van der Waals surface area contributed by atoms with Crippen LogP contribution in [-0.4, -0.2) is 35.5 Å². The van der Waals surface area contributed by atoms with Crippen LogP contribution in [0.1, 0.15) is 81.5 Å². The monoisotopic (exact) mass is 664 g/mol. The summed E-state index contributed by atoms with van der Waals surface area (Å²) in [5.41, 5.74) is 7.91. The molecule has 0 radical (unpaired) electrons. The highest BCUT2D eigenvalue weighted by atomic mass is 35.5. The van der Waals surface area contributed by atoms with E-state index >= 15 is 0 Å². The summed E-state index contributed by atoms with van der Waals surface area (Å²) in [6.07, 6.45) is 3.13. The number of halogens is 1. The molecule has 3 aliphatic rings. The van der Waals surface area contributed by atoms with Gasteiger partial charge >= 0.3 is 0 Å². The molecule has 3 aromatic carbocycles. The first-order chi connectivity index (χ1) is 22.7. The van der Waals surface area contributed by atoms with E-state index in [0.717, 1.165) is 53.0 Å². The number of ether oxygens (including phenoxy) is 1. The minimum atomic E-state index is -0.505. The van der Waals surface area contributed by atoms with E-state index in [1.807, 2.05) is 56.3 Å². The number of hydrogen-bond acceptors (Lipinski definition) is 5. The quantitative estimate of drug-likeness (QED) is 0.260. The Bertz CT molecular complexity index is 1800. The number of Topliss-reactive ketones (excluding diaryl/α,β-unsaturated/α-hetero) is 2. The lowest BCUT2D eigenvalue weighted by Gasteiger charge is -2.49. The third-order valence-corrected chi connectivity index (χ3v) is 10.1. The Kier molecular flexibility index (Phi) is 9.16. The van der Waals surface area contributed by atoms with Crippen molar-refractivity contribution in [2.24, 2.45) is 10.8 Å². The van der Waals surface area contributed by atoms with Crippen LogP contribution in [0.4, 0.5) is 5.69 Å². The predicted molar refractivity (Wildman–Crippen MR) is 191 cm³/mol. The van der Waals surface area contributed by atoms with Gasteiger partial charge in [0.05, 0.1) is 5.02 Å². The molecular weight excluding hydrogens is 620 g/mol. The highest BCUT2D eigenvalue weighted by Crippen LogP contribution is 2.54. The van der Waals surface area contributed by atoms with Gasteiger partial charge in [-0.05, 0) is 78.8 Å². The minimum absolute atomic E-state index is 0.0830. The number of ketones is 2. The highest BCUT2D eigenvalue weighted by Gasteiger charge is 2.49. The van der Waals surface area contributed by atoms with Crippen LogP contribution in [0.15, 0.2) is 89.3 Å². The van der Waals surface area contributed by atoms with E-state index in [9.17, 15) is 14.4 Å². The molecule has 1 amide bonds. The first-order valence-corrected chi connectivity index (χ1v) is 17.2. The maximum atomic E-state index is 14.2. The maximum Gasteiger partial charge on any atom is 0.262 e. The van der Waals surface area contributed by atoms with Gasteiger partial charge in [0.2, 0.25) is 0 Å². The van der Waals surface area contributed by atoms with Crippen LogP contribution in [0, 0.1) is 24.7 Å². The summed E-state index contributed by atoms with van der Waals surface area (Å²) in [6, 6.07) is 21.7. The topological polar surface area (TPSA) is 75.7 Å². The van der Waals surface area contributed by atoms with E-state index in [0.29, 0.717) is 41.3 Å². The molecule has 0 saturated carbocycles. The molecule has 1 heterocycles. The Hall–Kier alpha value is -4.16. The lowest BCUT2D eigenvalue weighted by atomic mass is 9.63. The number of benzene rings is 3. The standard InChI is InChI=1S/C41H45ClN2O4/c1-25-12-14-30(26(2)18-25)43-36(47)24-48-35-15-13-28(19-29(35)42)37-38-31(20-40(3,4)22-33(38)45)44(17-16-27-10-8-7-9-11-27)32-21-41(5,6)23-34(46)39(32)37/h7-15,18-19,37H,16-17,20-24H2,1-6H3,(H,43,47). The Morgan fingerprint density at radius 3 is 2.06 bits per heavy atom. The number of carbonyl (C=O) groups excluding carboxylic acids is 3. The summed E-state index contributed by atoms with van der Waals surface area (Å²) in [4.78, 5) is 43.4. The molecule has 0 spiro atoms. The summed E-state index contributed by atoms with van der Waals surface area (Å²) >= 11 is 6.83. The van der Waals surface area contributed by atoms with Crippen molar-refractivity contribution in [3.8, 4) is 5.75 Å². The fourth-order valence-electron chi connectivity index (χ4n) is 7.63. The van der Waals surface area contributed by atoms with Crippen molar-refractivity contribution in [2.45, 2.75) is 79.6 Å². The van der Waals surface area contributed by atoms with Crippen molar-refractivity contribution in [3.63, 3.8) is 0 Å². The zero-order chi connectivity index (χ0) is 34.4. The van der Waals surface area contributed by atoms with Crippen molar-refractivity contribution in [1.29, 1.82) is 0 Å². The molecule has 48 heavy (non-hydrogen) atoms. The van der Waals surface area contributed by atoms with Crippen LogP contribution < -0.4 is 10.1 Å². The van der Waals surface area contributed by atoms with Gasteiger partial charge in [0.25, 0.3) is 5.91 Å². The van der Waals surface area contributed by atoms with Crippen LogP contribution in [0.5, 0.6) is 5.75 Å². The highest BCUT2D eigenvalue weighted by molar-refractivity contribution is 6.32. The van der Waals surface area contributed by atoms with Crippen molar-refractivity contribution < 1.29 is 19.1 Å². The van der Waals surface area contributed by atoms with E-state index in [-0.39, 0.29) is 34.9 Å². The van der Waals surface area contributed by atoms with E-state index in [4.69, 9.17) is 16.3 Å². The zero-order valence-electron chi connectivity index (χ0n) is 28.8. The van der Waals surface area contributed by atoms with Gasteiger partial charge in [0, 0.05) is 53.5 Å². The SMILES string of the molecule is Cc1ccc(NC(=O)COc2ccc(C3C4=C(CC(C)(C)CC4=O)N(CCc4ccccc4)C4=C3C(=O)CC(C)(C)C4)cc2Cl)c(C)c1. The van der Waals surface area contributed by atoms with E-state index in [1.165, 1.54) is 5.56 Å². The van der Waals surface area contributed by atoms with Gasteiger partial charge in [-0.25, -0.2) is 0 Å². The number of rotatable bonds is 8. The lowest BCUT2D eigenvalue weighted by Crippen LogP contribution is -2.45. The van der Waals surface area contributed by atoms with Gasteiger partial charge in [-0.1, -0.05) is 93.4 Å². The van der Waals surface area contributed by atoms with E-state index in [1.54, 1.807) is 12.1 Å². The van der Waals surface area contributed by atoms with Gasteiger partial charge in [-0.15, -0.1) is 0 Å². The molecular formula is C41H45ClN2O4. The average Bonchev–Trinajstić information content (AvgIpc) is 3.00. The number of nitrogens with zero attached hydrogens (tertiary/aromatic N) is 1. The van der Waals surface area contributed by atoms with Crippen LogP contribution in [0.3, 0.4) is 0 Å². The second-order valence-corrected chi connectivity index (χ2v) is 15.7. The molecule has 0 bridgehead atoms. The third-order valence-electron chi connectivity index (χ3n) is 9.79. The van der Waals surface area contributed by atoms with Crippen molar-refractivity contribution in [2.75, 3.05) is 18.5 Å². The Labute approximate surface area is 289 Å². The summed E-state index contributed by atoms with van der Waals surface area (Å²) in [5, 5.41) is 3.23. The molecule has 0 atom stereocenters. The van der Waals surface area contributed by atoms with Crippen LogP contribution >= 0.6 is 11.6 Å². The van der Waals surface area contributed by atoms with Gasteiger partial charge in [0.15, 0.2) is 18.2 Å². The zero-order valence-corrected chi connectivity index (χ0v) is 29.6. The van der Waals surface area contributed by atoms with E-state index < -0.39 is 5.92 Å². The van der Waals surface area contributed by atoms with Crippen LogP contribution in [0.25, 0.3) is 0 Å². The molecule has 6 nitrogen and oxygen atoms in total. The predicted octanol–water partition coefficient (Wildman–Crippen LogP) is 8.90. The maximum absolute atomic E-state index is 14.2. The third kappa shape index (κ3) is 7.00. The summed E-state index contributed by atoms with van der Waals surface area (Å²) in [7, 11) is 0. The number of aryl methyl sites for hydroxylation is 2. The number of nitrogens with one attached hydrogen (secondary N) is 1. The fourth-order valence-corrected chi connectivity index (χ4v) is 7.88. The molecule has 1 aliphatic heterocycles. The fraction of sp³-hybridized carbons (Fsp3) is 0.390. The molecule has 250 valence electrons. The van der Waals surface area contributed by atoms with Crippen molar-refractivity contribution in [1.82, 2.24) is 4.90 Å². The molecule has 2 aliphatic carbocycles. The second-order valence-electron chi connectivity index (χ2n) is 15.3. The smallest absolute Gasteiger partial charge is 0.262 e. The minimum Gasteiger partial charge on any atom is -0.482 e. The molecule has 0 saturated heterocycles. The molecule has 7 heteroatoms. The average molecular weight is 665 g/mol. The molecule has 3 aromatic rings. The van der Waals surface area contributed by atoms with Crippen molar-refractivity contribution in [3.05, 3.63) is 117 Å². The number of hydrogen-bond donors (Lipinski definition) is 1. The normalized spacial score (nSPS) is 18.9. The molecule has 6 rings (SSSR count). The lowest BCUT2D eigenvalue weighted by molar-refractivity contribution is -0.120. The van der Waals surface area contributed by atoms with Crippen LogP contribution in [-0.2, 0) is 20.8 Å². The largest absolute Gasteiger partial charge is 0.482 e. The van der Waals surface area contributed by atoms with E-state index in [2.05, 4.69) is 50.0 Å². The molecule has 0 aromatic heterocycles. The Morgan fingerprint density at radius 2 is 1.48 bits per heavy atom. The van der Waals surface area contributed by atoms with Crippen molar-refractivity contribution >= 4 is 34.8 Å². The van der Waals surface area contributed by atoms with Crippen LogP contribution in [0.2, 0.25) is 5.02 Å². The van der Waals surface area contributed by atoms with Gasteiger partial charge in [-0.2, -0.15) is 0 Å². The Balaban J connectivity index is 1.34. The summed E-state index contributed by atoms with van der Waals surface area (Å²) < 4.78 is 5.87. The first-order valence-electron chi connectivity index (χ1n) is 16.8. The van der Waals surface area contributed by atoms with Gasteiger partial charge in [-0.3, -0.25) is 14.4 Å². The number of amides is 1. The number of carbonyl (C=O) groups is 3. The molecule has 1 N–H and O–H groups in total. The number of anilines is 1. The van der Waals surface area contributed by atoms with Gasteiger partial charge in [0.1, 0.15) is 5.75 Å². The molecule has 0 unspecified atom stereocenters. The molecule has 0 fully saturated rings. The Morgan fingerprint density at radius 1 is 0.854 bits per heavy atom. The summed E-state index contributed by atoms with van der Waals surface area (Å²) in [5.74, 6) is -0.263. The first kappa shape index (κ1) is 33.7. The summed E-state index contributed by atoms with van der Waals surface area (Å²) in [6.45, 7) is 13.0.